The smallest absolute Gasteiger partial charge is 0.273 e. The van der Waals surface area contributed by atoms with E-state index in [1.807, 2.05) is 30.3 Å². The normalized spacial score (nSPS) is 15.0. The first kappa shape index (κ1) is 13.0. The van der Waals surface area contributed by atoms with Crippen molar-refractivity contribution >= 4 is 17.7 Å². The third-order valence-corrected chi connectivity index (χ3v) is 3.13. The van der Waals surface area contributed by atoms with Crippen LogP contribution in [0.15, 0.2) is 42.9 Å². The molecule has 0 aliphatic carbocycles. The fraction of sp³-hybridized carbons (Fsp3) is 0.143. The van der Waals surface area contributed by atoms with Crippen LogP contribution in [-0.2, 0) is 9.59 Å². The maximum Gasteiger partial charge on any atom is 0.273 e. The second-order valence-electron chi connectivity index (χ2n) is 4.62. The molecule has 3 rings (SSSR count). The van der Waals surface area contributed by atoms with Gasteiger partial charge in [0.1, 0.15) is 18.8 Å². The first-order chi connectivity index (χ1) is 10.1. The Kier molecular flexibility index (Phi) is 3.23. The Balaban J connectivity index is 1.91. The summed E-state index contributed by atoms with van der Waals surface area (Å²) in [5.41, 5.74) is 1.09. The summed E-state index contributed by atoms with van der Waals surface area (Å²) in [5.74, 6) is -1.37. The van der Waals surface area contributed by atoms with Gasteiger partial charge in [-0.3, -0.25) is 24.3 Å². The number of imide groups is 1. The Morgan fingerprint density at radius 2 is 1.76 bits per heavy atom. The number of hydrogen-bond acceptors (Lipinski definition) is 4. The minimum atomic E-state index is -0.481. The number of piperazine rings is 1. The number of carbonyl (C=O) groups excluding carboxylic acids is 3. The molecule has 21 heavy (non-hydrogen) atoms. The lowest BCUT2D eigenvalue weighted by molar-refractivity contribution is -0.135. The van der Waals surface area contributed by atoms with E-state index in [0.29, 0.717) is 5.69 Å². The van der Waals surface area contributed by atoms with Crippen molar-refractivity contribution in [3.63, 3.8) is 0 Å². The molecule has 1 fully saturated rings. The van der Waals surface area contributed by atoms with Crippen molar-refractivity contribution in [2.45, 2.75) is 0 Å². The molecule has 7 heteroatoms. The van der Waals surface area contributed by atoms with Crippen LogP contribution < -0.4 is 5.32 Å². The van der Waals surface area contributed by atoms with Gasteiger partial charge in [0.15, 0.2) is 0 Å². The number of nitrogens with one attached hydrogen (secondary N) is 1. The van der Waals surface area contributed by atoms with E-state index in [-0.39, 0.29) is 13.1 Å². The summed E-state index contributed by atoms with van der Waals surface area (Å²) in [7, 11) is 0. The molecule has 0 radical (unpaired) electrons. The maximum atomic E-state index is 12.5. The highest BCUT2D eigenvalue weighted by atomic mass is 16.2. The van der Waals surface area contributed by atoms with Crippen LogP contribution in [0.5, 0.6) is 0 Å². The number of amides is 3. The highest BCUT2D eigenvalue weighted by Crippen LogP contribution is 2.13. The average Bonchev–Trinajstić information content (AvgIpc) is 2.95. The predicted octanol–water partition coefficient (Wildman–Crippen LogP) is -0.0291. The zero-order valence-corrected chi connectivity index (χ0v) is 11.0. The molecule has 2 heterocycles. The number of para-hydroxylation sites is 1. The van der Waals surface area contributed by atoms with Crippen LogP contribution in [0.2, 0.25) is 0 Å². The molecule has 1 aromatic heterocycles. The molecule has 1 aliphatic heterocycles. The quantitative estimate of drug-likeness (QED) is 0.785. The highest BCUT2D eigenvalue weighted by Gasteiger charge is 2.28. The van der Waals surface area contributed by atoms with Crippen LogP contribution in [-0.4, -0.2) is 45.3 Å². The van der Waals surface area contributed by atoms with Gasteiger partial charge in [-0.25, -0.2) is 4.98 Å². The molecule has 0 unspecified atom stereocenters. The van der Waals surface area contributed by atoms with Crippen LogP contribution in [0.1, 0.15) is 10.5 Å². The number of benzene rings is 1. The lowest BCUT2D eigenvalue weighted by Crippen LogP contribution is -2.53. The molecule has 0 atom stereocenters. The predicted molar refractivity (Wildman–Crippen MR) is 72.6 cm³/mol. The van der Waals surface area contributed by atoms with Crippen LogP contribution in [0.3, 0.4) is 0 Å². The van der Waals surface area contributed by atoms with Gasteiger partial charge in [0.25, 0.3) is 5.91 Å². The number of rotatable bonds is 2. The first-order valence-electron chi connectivity index (χ1n) is 6.35. The van der Waals surface area contributed by atoms with Crippen LogP contribution >= 0.6 is 0 Å². The number of imidazole rings is 1. The molecule has 0 bridgehead atoms. The Bertz CT molecular complexity index is 692. The van der Waals surface area contributed by atoms with Gasteiger partial charge in [-0.15, -0.1) is 0 Å². The standard InChI is InChI=1S/C14H12N4O3/c19-12-7-17(8-13(20)16-12)14(21)11-6-15-9-18(11)10-4-2-1-3-5-10/h1-6,9H,7-8H2,(H,16,19,20). The van der Waals surface area contributed by atoms with Crippen molar-refractivity contribution in [2.75, 3.05) is 13.1 Å². The second-order valence-corrected chi connectivity index (χ2v) is 4.62. The zero-order chi connectivity index (χ0) is 14.8. The highest BCUT2D eigenvalue weighted by molar-refractivity contribution is 6.05. The number of hydrogen-bond donors (Lipinski definition) is 1. The minimum Gasteiger partial charge on any atom is -0.319 e. The SMILES string of the molecule is O=C1CN(C(=O)c2cncn2-c2ccccc2)CC(=O)N1. The largest absolute Gasteiger partial charge is 0.319 e. The molecule has 106 valence electrons. The number of aromatic nitrogens is 2. The van der Waals surface area contributed by atoms with Crippen LogP contribution in [0.4, 0.5) is 0 Å². The molecule has 1 aromatic carbocycles. The lowest BCUT2D eigenvalue weighted by Gasteiger charge is -2.25. The Labute approximate surface area is 120 Å². The van der Waals surface area contributed by atoms with Gasteiger partial charge in [-0.05, 0) is 12.1 Å². The molecule has 7 nitrogen and oxygen atoms in total. The van der Waals surface area contributed by atoms with Crippen LogP contribution in [0.25, 0.3) is 5.69 Å². The summed E-state index contributed by atoms with van der Waals surface area (Å²) < 4.78 is 1.62. The summed E-state index contributed by atoms with van der Waals surface area (Å²) >= 11 is 0. The molecular weight excluding hydrogens is 272 g/mol. The van der Waals surface area contributed by atoms with Crippen LogP contribution in [0, 0.1) is 0 Å². The average molecular weight is 284 g/mol. The van der Waals surface area contributed by atoms with E-state index >= 15 is 0 Å². The van der Waals surface area contributed by atoms with Crippen molar-refractivity contribution in [1.82, 2.24) is 19.8 Å². The molecule has 0 spiro atoms. The summed E-state index contributed by atoms with van der Waals surface area (Å²) in [6, 6.07) is 9.25. The van der Waals surface area contributed by atoms with E-state index in [1.165, 1.54) is 17.4 Å². The number of nitrogens with zero attached hydrogens (tertiary/aromatic N) is 3. The second kappa shape index (κ2) is 5.20. The van der Waals surface area contributed by atoms with Gasteiger partial charge in [-0.2, -0.15) is 0 Å². The monoisotopic (exact) mass is 284 g/mol. The third-order valence-electron chi connectivity index (χ3n) is 3.13. The molecular formula is C14H12N4O3. The van der Waals surface area contributed by atoms with Crippen molar-refractivity contribution in [3.05, 3.63) is 48.5 Å². The Morgan fingerprint density at radius 1 is 1.10 bits per heavy atom. The zero-order valence-electron chi connectivity index (χ0n) is 11.0. The fourth-order valence-electron chi connectivity index (χ4n) is 2.19. The van der Waals surface area contributed by atoms with Crippen molar-refractivity contribution in [3.8, 4) is 5.69 Å². The summed E-state index contributed by atoms with van der Waals surface area (Å²) in [4.78, 5) is 40.4. The molecule has 1 N–H and O–H groups in total. The fourth-order valence-corrected chi connectivity index (χ4v) is 2.19. The van der Waals surface area contributed by atoms with E-state index in [4.69, 9.17) is 0 Å². The molecule has 1 saturated heterocycles. The van der Waals surface area contributed by atoms with E-state index in [2.05, 4.69) is 10.3 Å². The maximum absolute atomic E-state index is 12.5. The number of carbonyl (C=O) groups is 3. The lowest BCUT2D eigenvalue weighted by atomic mass is 10.2. The van der Waals surface area contributed by atoms with E-state index < -0.39 is 17.7 Å². The third kappa shape index (κ3) is 2.53. The topological polar surface area (TPSA) is 84.3 Å². The van der Waals surface area contributed by atoms with Crippen molar-refractivity contribution < 1.29 is 14.4 Å². The molecule has 3 amide bonds. The van der Waals surface area contributed by atoms with E-state index in [0.717, 1.165) is 5.69 Å². The van der Waals surface area contributed by atoms with Crippen molar-refractivity contribution in [1.29, 1.82) is 0 Å². The molecule has 2 aromatic rings. The van der Waals surface area contributed by atoms with E-state index in [1.54, 1.807) is 4.57 Å². The van der Waals surface area contributed by atoms with E-state index in [9.17, 15) is 14.4 Å². The van der Waals surface area contributed by atoms with Gasteiger partial charge >= 0.3 is 0 Å². The first-order valence-corrected chi connectivity index (χ1v) is 6.35. The Hall–Kier alpha value is -2.96. The summed E-state index contributed by atoms with van der Waals surface area (Å²) in [5, 5.41) is 2.16. The van der Waals surface area contributed by atoms with Gasteiger partial charge in [0, 0.05) is 5.69 Å². The van der Waals surface area contributed by atoms with Crippen molar-refractivity contribution in [2.24, 2.45) is 0 Å². The minimum absolute atomic E-state index is 0.134. The van der Waals surface area contributed by atoms with Gasteiger partial charge in [-0.1, -0.05) is 18.2 Å². The van der Waals surface area contributed by atoms with Gasteiger partial charge < -0.3 is 4.90 Å². The summed E-state index contributed by atoms with van der Waals surface area (Å²) in [6.45, 7) is -0.269. The van der Waals surface area contributed by atoms with Gasteiger partial charge in [0.2, 0.25) is 11.8 Å². The summed E-state index contributed by atoms with van der Waals surface area (Å²) in [6.07, 6.45) is 2.95. The Morgan fingerprint density at radius 3 is 2.43 bits per heavy atom. The molecule has 1 aliphatic rings. The van der Waals surface area contributed by atoms with Gasteiger partial charge in [0.05, 0.1) is 12.5 Å². The molecule has 0 saturated carbocycles.